The fourth-order valence-corrected chi connectivity index (χ4v) is 2.48. The highest BCUT2D eigenvalue weighted by Gasteiger charge is 2.10. The number of halogens is 2. The minimum atomic E-state index is -0.443. The van der Waals surface area contributed by atoms with Gasteiger partial charge in [0.1, 0.15) is 0 Å². The Morgan fingerprint density at radius 3 is 2.65 bits per heavy atom. The van der Waals surface area contributed by atoms with E-state index < -0.39 is 5.91 Å². The van der Waals surface area contributed by atoms with Crippen molar-refractivity contribution in [3.63, 3.8) is 0 Å². The zero-order valence-corrected chi connectivity index (χ0v) is 16.1. The lowest BCUT2D eigenvalue weighted by Gasteiger charge is -2.11. The molecular formula is C19H20Cl2N2O3. The second-order valence-electron chi connectivity index (χ2n) is 5.31. The van der Waals surface area contributed by atoms with Gasteiger partial charge in [-0.1, -0.05) is 30.1 Å². The van der Waals surface area contributed by atoms with Crippen molar-refractivity contribution >= 4 is 35.3 Å². The van der Waals surface area contributed by atoms with Crippen LogP contribution in [-0.4, -0.2) is 25.3 Å². The third kappa shape index (κ3) is 5.64. The summed E-state index contributed by atoms with van der Waals surface area (Å²) in [6.45, 7) is 5.08. The van der Waals surface area contributed by atoms with Gasteiger partial charge in [0.15, 0.2) is 11.5 Å². The zero-order valence-electron chi connectivity index (χ0n) is 14.6. The highest BCUT2D eigenvalue weighted by atomic mass is 35.5. The van der Waals surface area contributed by atoms with Crippen LogP contribution in [0.3, 0.4) is 0 Å². The number of hydrazone groups is 1. The van der Waals surface area contributed by atoms with Gasteiger partial charge in [0.25, 0.3) is 5.91 Å². The van der Waals surface area contributed by atoms with Crippen LogP contribution in [0.5, 0.6) is 11.5 Å². The Balaban J connectivity index is 2.08. The van der Waals surface area contributed by atoms with Gasteiger partial charge in [-0.05, 0) is 55.3 Å². The second-order valence-corrected chi connectivity index (χ2v) is 6.15. The normalized spacial score (nSPS) is 10.8. The van der Waals surface area contributed by atoms with Crippen LogP contribution in [0.2, 0.25) is 10.0 Å². The monoisotopic (exact) mass is 394 g/mol. The molecule has 0 saturated heterocycles. The van der Waals surface area contributed by atoms with Crippen LogP contribution in [-0.2, 0) is 0 Å². The van der Waals surface area contributed by atoms with E-state index in [9.17, 15) is 4.79 Å². The lowest BCUT2D eigenvalue weighted by atomic mass is 10.2. The van der Waals surface area contributed by atoms with Crippen LogP contribution < -0.4 is 14.9 Å². The van der Waals surface area contributed by atoms with Crippen LogP contribution in [0, 0.1) is 0 Å². The first kappa shape index (κ1) is 20.1. The van der Waals surface area contributed by atoms with Gasteiger partial charge in [-0.2, -0.15) is 5.10 Å². The van der Waals surface area contributed by atoms with Crippen LogP contribution in [0.15, 0.2) is 41.5 Å². The topological polar surface area (TPSA) is 59.9 Å². The van der Waals surface area contributed by atoms with E-state index in [1.807, 2.05) is 26.0 Å². The van der Waals surface area contributed by atoms with Gasteiger partial charge in [-0.15, -0.1) is 0 Å². The summed E-state index contributed by atoms with van der Waals surface area (Å²) in [5.41, 5.74) is 3.45. The molecule has 138 valence electrons. The summed E-state index contributed by atoms with van der Waals surface area (Å²) in [7, 11) is 0. The molecule has 0 spiro atoms. The quantitative estimate of drug-likeness (QED) is 0.509. The number of carbonyl (C=O) groups excluding carboxylic acids is 1. The number of nitrogens with zero attached hydrogens (tertiary/aromatic N) is 1. The second kappa shape index (κ2) is 10.0. The minimum Gasteiger partial charge on any atom is -0.490 e. The van der Waals surface area contributed by atoms with E-state index in [0.29, 0.717) is 34.8 Å². The Labute approximate surface area is 162 Å². The maximum absolute atomic E-state index is 12.1. The maximum atomic E-state index is 12.1. The Bertz CT molecular complexity index is 794. The van der Waals surface area contributed by atoms with Crippen LogP contribution in [0.1, 0.15) is 36.2 Å². The molecule has 2 aromatic rings. The van der Waals surface area contributed by atoms with Crippen molar-refractivity contribution in [2.24, 2.45) is 5.10 Å². The van der Waals surface area contributed by atoms with Crippen LogP contribution in [0.4, 0.5) is 0 Å². The Morgan fingerprint density at radius 1 is 1.12 bits per heavy atom. The summed E-state index contributed by atoms with van der Waals surface area (Å²) >= 11 is 11.9. The molecule has 0 saturated carbocycles. The first-order valence-electron chi connectivity index (χ1n) is 8.23. The summed E-state index contributed by atoms with van der Waals surface area (Å²) in [5, 5.41) is 4.69. The molecule has 26 heavy (non-hydrogen) atoms. The Kier molecular flexibility index (Phi) is 7.75. The van der Waals surface area contributed by atoms with E-state index in [4.69, 9.17) is 32.7 Å². The van der Waals surface area contributed by atoms with E-state index in [1.54, 1.807) is 18.2 Å². The van der Waals surface area contributed by atoms with Gasteiger partial charge in [0.05, 0.1) is 30.0 Å². The molecule has 0 aliphatic rings. The molecular weight excluding hydrogens is 375 g/mol. The third-order valence-corrected chi connectivity index (χ3v) is 3.85. The predicted molar refractivity (Wildman–Crippen MR) is 105 cm³/mol. The molecule has 0 heterocycles. The first-order chi connectivity index (χ1) is 12.5. The number of ether oxygens (including phenoxy) is 2. The van der Waals surface area contributed by atoms with Crippen molar-refractivity contribution in [3.05, 3.63) is 57.6 Å². The standard InChI is InChI=1S/C19H20Cl2N2O3/c1-3-9-26-17-8-5-13(10-18(17)25-4-2)12-22-23-19(24)15-11-14(20)6-7-16(15)21/h5-8,10-12H,3-4,9H2,1-2H3,(H,23,24)/b22-12-. The first-order valence-corrected chi connectivity index (χ1v) is 8.98. The predicted octanol–water partition coefficient (Wildman–Crippen LogP) is 4.94. The molecule has 0 fully saturated rings. The lowest BCUT2D eigenvalue weighted by Crippen LogP contribution is -2.18. The average Bonchev–Trinajstić information content (AvgIpc) is 2.63. The fourth-order valence-electron chi connectivity index (χ4n) is 2.10. The highest BCUT2D eigenvalue weighted by molar-refractivity contribution is 6.35. The van der Waals surface area contributed by atoms with Crippen LogP contribution >= 0.6 is 23.2 Å². The Morgan fingerprint density at radius 2 is 1.92 bits per heavy atom. The molecule has 0 unspecified atom stereocenters. The molecule has 0 aliphatic heterocycles. The smallest absolute Gasteiger partial charge is 0.272 e. The van der Waals surface area contributed by atoms with E-state index in [1.165, 1.54) is 12.3 Å². The number of amides is 1. The van der Waals surface area contributed by atoms with E-state index in [0.717, 1.165) is 12.0 Å². The van der Waals surface area contributed by atoms with Crippen molar-refractivity contribution in [3.8, 4) is 11.5 Å². The van der Waals surface area contributed by atoms with Gasteiger partial charge in [-0.3, -0.25) is 4.79 Å². The molecule has 0 radical (unpaired) electrons. The van der Waals surface area contributed by atoms with Gasteiger partial charge in [0.2, 0.25) is 0 Å². The molecule has 0 atom stereocenters. The van der Waals surface area contributed by atoms with E-state index in [-0.39, 0.29) is 5.56 Å². The maximum Gasteiger partial charge on any atom is 0.272 e. The number of benzene rings is 2. The molecule has 5 nitrogen and oxygen atoms in total. The summed E-state index contributed by atoms with van der Waals surface area (Å²) in [6, 6.07) is 10.1. The Hall–Kier alpha value is -2.24. The lowest BCUT2D eigenvalue weighted by molar-refractivity contribution is 0.0955. The van der Waals surface area contributed by atoms with Gasteiger partial charge in [0, 0.05) is 5.02 Å². The SMILES string of the molecule is CCCOc1ccc(/C=N\NC(=O)c2cc(Cl)ccc2Cl)cc1OCC. The van der Waals surface area contributed by atoms with Gasteiger partial charge >= 0.3 is 0 Å². The molecule has 7 heteroatoms. The van der Waals surface area contributed by atoms with Gasteiger partial charge < -0.3 is 9.47 Å². The average molecular weight is 395 g/mol. The van der Waals surface area contributed by atoms with Gasteiger partial charge in [-0.25, -0.2) is 5.43 Å². The third-order valence-electron chi connectivity index (χ3n) is 3.28. The van der Waals surface area contributed by atoms with Crippen LogP contribution in [0.25, 0.3) is 0 Å². The summed E-state index contributed by atoms with van der Waals surface area (Å²) < 4.78 is 11.2. The summed E-state index contributed by atoms with van der Waals surface area (Å²) in [5.74, 6) is 0.872. The zero-order chi connectivity index (χ0) is 18.9. The molecule has 1 amide bonds. The number of carbonyl (C=O) groups is 1. The number of nitrogens with one attached hydrogen (secondary N) is 1. The fraction of sp³-hybridized carbons (Fsp3) is 0.263. The summed E-state index contributed by atoms with van der Waals surface area (Å²) in [6.07, 6.45) is 2.43. The van der Waals surface area contributed by atoms with Crippen molar-refractivity contribution < 1.29 is 14.3 Å². The molecule has 0 aliphatic carbocycles. The molecule has 2 aromatic carbocycles. The molecule has 2 rings (SSSR count). The molecule has 0 aromatic heterocycles. The number of rotatable bonds is 8. The van der Waals surface area contributed by atoms with Crippen molar-refractivity contribution in [2.75, 3.05) is 13.2 Å². The number of hydrogen-bond acceptors (Lipinski definition) is 4. The van der Waals surface area contributed by atoms with Crippen molar-refractivity contribution in [2.45, 2.75) is 20.3 Å². The summed E-state index contributed by atoms with van der Waals surface area (Å²) in [4.78, 5) is 12.1. The minimum absolute atomic E-state index is 0.259. The highest BCUT2D eigenvalue weighted by Crippen LogP contribution is 2.28. The van der Waals surface area contributed by atoms with E-state index >= 15 is 0 Å². The van der Waals surface area contributed by atoms with Crippen molar-refractivity contribution in [1.29, 1.82) is 0 Å². The molecule has 0 bridgehead atoms. The van der Waals surface area contributed by atoms with E-state index in [2.05, 4.69) is 10.5 Å². The molecule has 1 N–H and O–H groups in total. The largest absolute Gasteiger partial charge is 0.490 e. The number of hydrogen-bond donors (Lipinski definition) is 1. The van der Waals surface area contributed by atoms with Crippen molar-refractivity contribution in [1.82, 2.24) is 5.43 Å².